The van der Waals surface area contributed by atoms with Crippen LogP contribution in [-0.4, -0.2) is 28.2 Å². The monoisotopic (exact) mass is 422 g/mol. The van der Waals surface area contributed by atoms with Gasteiger partial charge >= 0.3 is 0 Å². The van der Waals surface area contributed by atoms with Gasteiger partial charge in [-0.1, -0.05) is 12.1 Å². The maximum absolute atomic E-state index is 13.2. The molecule has 7 nitrogen and oxygen atoms in total. The topological polar surface area (TPSA) is 99.2 Å². The standard InChI is InChI=1S/C23H23FN4O3/c1-15-19(16(2)28(27-15)18-9-7-17(24)8-10-18)11-12-23(30)26-20-5-3-4-6-21(20)31-14-13-22(25)29/h3-12H,13-14H2,1-2H3,(H2,25,29)(H,26,30)/b12-11+. The summed E-state index contributed by atoms with van der Waals surface area (Å²) in [6.07, 6.45) is 3.18. The van der Waals surface area contributed by atoms with Crippen LogP contribution in [0.25, 0.3) is 11.8 Å². The van der Waals surface area contributed by atoms with Crippen molar-refractivity contribution in [1.29, 1.82) is 0 Å². The molecule has 0 aliphatic carbocycles. The number of primary amides is 1. The molecule has 2 aromatic carbocycles. The van der Waals surface area contributed by atoms with E-state index in [1.54, 1.807) is 47.2 Å². The molecule has 0 unspecified atom stereocenters. The second kappa shape index (κ2) is 9.71. The summed E-state index contributed by atoms with van der Waals surface area (Å²) in [7, 11) is 0. The predicted molar refractivity (Wildman–Crippen MR) is 116 cm³/mol. The third-order valence-electron chi connectivity index (χ3n) is 4.57. The molecule has 8 heteroatoms. The fourth-order valence-corrected chi connectivity index (χ4v) is 3.02. The summed E-state index contributed by atoms with van der Waals surface area (Å²) >= 11 is 0. The van der Waals surface area contributed by atoms with Crippen LogP contribution in [0.1, 0.15) is 23.4 Å². The first-order valence-corrected chi connectivity index (χ1v) is 9.66. The van der Waals surface area contributed by atoms with E-state index >= 15 is 0 Å². The van der Waals surface area contributed by atoms with Gasteiger partial charge in [0.1, 0.15) is 11.6 Å². The zero-order chi connectivity index (χ0) is 22.4. The van der Waals surface area contributed by atoms with Crippen LogP contribution in [0.15, 0.2) is 54.6 Å². The molecular formula is C23H23FN4O3. The van der Waals surface area contributed by atoms with E-state index in [0.717, 1.165) is 22.6 Å². The van der Waals surface area contributed by atoms with Gasteiger partial charge in [-0.2, -0.15) is 5.10 Å². The van der Waals surface area contributed by atoms with Crippen molar-refractivity contribution in [2.75, 3.05) is 11.9 Å². The van der Waals surface area contributed by atoms with Crippen molar-refractivity contribution in [3.8, 4) is 11.4 Å². The number of nitrogens with one attached hydrogen (secondary N) is 1. The van der Waals surface area contributed by atoms with Gasteiger partial charge in [-0.25, -0.2) is 9.07 Å². The molecule has 2 amide bonds. The number of benzene rings is 2. The number of aryl methyl sites for hydroxylation is 1. The lowest BCUT2D eigenvalue weighted by molar-refractivity contribution is -0.118. The average Bonchev–Trinajstić information content (AvgIpc) is 3.01. The highest BCUT2D eigenvalue weighted by Gasteiger charge is 2.12. The van der Waals surface area contributed by atoms with Gasteiger partial charge < -0.3 is 15.8 Å². The molecule has 1 heterocycles. The lowest BCUT2D eigenvalue weighted by Crippen LogP contribution is -2.15. The fraction of sp³-hybridized carbons (Fsp3) is 0.174. The van der Waals surface area contributed by atoms with E-state index in [9.17, 15) is 14.0 Å². The summed E-state index contributed by atoms with van der Waals surface area (Å²) in [5.74, 6) is -0.682. The molecule has 0 spiro atoms. The molecular weight excluding hydrogens is 399 g/mol. The summed E-state index contributed by atoms with van der Waals surface area (Å²) in [6, 6.07) is 13.0. The largest absolute Gasteiger partial charge is 0.491 e. The van der Waals surface area contributed by atoms with Gasteiger partial charge in [0.25, 0.3) is 0 Å². The van der Waals surface area contributed by atoms with Crippen LogP contribution in [0.4, 0.5) is 10.1 Å². The van der Waals surface area contributed by atoms with E-state index in [0.29, 0.717) is 11.4 Å². The van der Waals surface area contributed by atoms with E-state index in [-0.39, 0.29) is 24.8 Å². The summed E-state index contributed by atoms with van der Waals surface area (Å²) in [6.45, 7) is 3.84. The second-order valence-electron chi connectivity index (χ2n) is 6.86. The van der Waals surface area contributed by atoms with Crippen LogP contribution < -0.4 is 15.8 Å². The van der Waals surface area contributed by atoms with Crippen molar-refractivity contribution in [2.24, 2.45) is 5.73 Å². The number of carbonyl (C=O) groups is 2. The Morgan fingerprint density at radius 1 is 1.16 bits per heavy atom. The number of ether oxygens (including phenoxy) is 1. The maximum Gasteiger partial charge on any atom is 0.248 e. The van der Waals surface area contributed by atoms with Gasteiger partial charge in [0, 0.05) is 17.3 Å². The quantitative estimate of drug-likeness (QED) is 0.543. The third kappa shape index (κ3) is 5.57. The average molecular weight is 422 g/mol. The molecule has 31 heavy (non-hydrogen) atoms. The van der Waals surface area contributed by atoms with Crippen LogP contribution in [0, 0.1) is 19.7 Å². The van der Waals surface area contributed by atoms with Crippen molar-refractivity contribution >= 4 is 23.6 Å². The van der Waals surface area contributed by atoms with E-state index in [1.807, 2.05) is 13.8 Å². The van der Waals surface area contributed by atoms with Crippen molar-refractivity contribution in [1.82, 2.24) is 9.78 Å². The van der Waals surface area contributed by atoms with Crippen molar-refractivity contribution in [3.05, 3.63) is 77.4 Å². The second-order valence-corrected chi connectivity index (χ2v) is 6.86. The summed E-state index contributed by atoms with van der Waals surface area (Å²) in [5.41, 5.74) is 8.69. The summed E-state index contributed by atoms with van der Waals surface area (Å²) < 4.78 is 20.4. The minimum Gasteiger partial charge on any atom is -0.491 e. The number of hydrogen-bond donors (Lipinski definition) is 2. The Balaban J connectivity index is 1.73. The number of hydrogen-bond acceptors (Lipinski definition) is 4. The number of para-hydroxylation sites is 2. The maximum atomic E-state index is 13.2. The van der Waals surface area contributed by atoms with E-state index in [1.165, 1.54) is 18.2 Å². The first-order valence-electron chi connectivity index (χ1n) is 9.66. The highest BCUT2D eigenvalue weighted by Crippen LogP contribution is 2.24. The number of anilines is 1. The van der Waals surface area contributed by atoms with Crippen molar-refractivity contribution in [3.63, 3.8) is 0 Å². The molecule has 0 fully saturated rings. The molecule has 0 aliphatic rings. The SMILES string of the molecule is Cc1nn(-c2ccc(F)cc2)c(C)c1/C=C/C(=O)Nc1ccccc1OCCC(N)=O. The van der Waals surface area contributed by atoms with Gasteiger partial charge in [0.2, 0.25) is 11.8 Å². The molecule has 3 rings (SSSR count). The Kier molecular flexibility index (Phi) is 6.81. The molecule has 0 saturated carbocycles. The first-order chi connectivity index (χ1) is 14.8. The third-order valence-corrected chi connectivity index (χ3v) is 4.57. The molecule has 0 aliphatic heterocycles. The number of rotatable bonds is 8. The number of aromatic nitrogens is 2. The predicted octanol–water partition coefficient (Wildman–Crippen LogP) is 3.53. The molecule has 3 aromatic rings. The van der Waals surface area contributed by atoms with Crippen LogP contribution in [0.2, 0.25) is 0 Å². The van der Waals surface area contributed by atoms with Crippen LogP contribution in [0.3, 0.4) is 0 Å². The number of nitrogens with zero attached hydrogens (tertiary/aromatic N) is 2. The van der Waals surface area contributed by atoms with Crippen LogP contribution >= 0.6 is 0 Å². The van der Waals surface area contributed by atoms with Crippen LogP contribution in [-0.2, 0) is 9.59 Å². The molecule has 0 atom stereocenters. The summed E-state index contributed by atoms with van der Waals surface area (Å²) in [5, 5.41) is 7.25. The zero-order valence-electron chi connectivity index (χ0n) is 17.3. The molecule has 3 N–H and O–H groups in total. The van der Waals surface area contributed by atoms with Crippen molar-refractivity contribution < 1.29 is 18.7 Å². The highest BCUT2D eigenvalue weighted by atomic mass is 19.1. The van der Waals surface area contributed by atoms with Gasteiger partial charge in [0.05, 0.1) is 30.1 Å². The number of carbonyl (C=O) groups excluding carboxylic acids is 2. The molecule has 0 radical (unpaired) electrons. The van der Waals surface area contributed by atoms with E-state index in [4.69, 9.17) is 10.5 Å². The first kappa shape index (κ1) is 21.8. The Hall–Kier alpha value is -3.94. The lowest BCUT2D eigenvalue weighted by Gasteiger charge is -2.10. The molecule has 1 aromatic heterocycles. The fourth-order valence-electron chi connectivity index (χ4n) is 3.02. The van der Waals surface area contributed by atoms with Gasteiger partial charge in [-0.05, 0) is 56.3 Å². The molecule has 0 bridgehead atoms. The Labute approximate surface area is 179 Å². The number of halogens is 1. The Morgan fingerprint density at radius 2 is 1.87 bits per heavy atom. The van der Waals surface area contributed by atoms with Gasteiger partial charge in [-0.3, -0.25) is 9.59 Å². The van der Waals surface area contributed by atoms with E-state index in [2.05, 4.69) is 10.4 Å². The number of amides is 2. The minimum atomic E-state index is -0.462. The normalized spacial score (nSPS) is 10.9. The minimum absolute atomic E-state index is 0.0821. The Bertz CT molecular complexity index is 1120. The van der Waals surface area contributed by atoms with Gasteiger partial charge in [0.15, 0.2) is 0 Å². The zero-order valence-corrected chi connectivity index (χ0v) is 17.3. The van der Waals surface area contributed by atoms with Gasteiger partial charge in [-0.15, -0.1) is 0 Å². The smallest absolute Gasteiger partial charge is 0.248 e. The molecule has 0 saturated heterocycles. The number of nitrogens with two attached hydrogens (primary N) is 1. The molecule has 160 valence electrons. The van der Waals surface area contributed by atoms with Crippen molar-refractivity contribution in [2.45, 2.75) is 20.3 Å². The lowest BCUT2D eigenvalue weighted by atomic mass is 10.2. The van der Waals surface area contributed by atoms with Crippen LogP contribution in [0.5, 0.6) is 5.75 Å². The highest BCUT2D eigenvalue weighted by molar-refractivity contribution is 6.02. The summed E-state index contributed by atoms with van der Waals surface area (Å²) in [4.78, 5) is 23.3. The Morgan fingerprint density at radius 3 is 2.58 bits per heavy atom. The van der Waals surface area contributed by atoms with E-state index < -0.39 is 5.91 Å².